The van der Waals surface area contributed by atoms with Crippen molar-refractivity contribution in [1.29, 1.82) is 0 Å². The summed E-state index contributed by atoms with van der Waals surface area (Å²) in [4.78, 5) is 4.65. The third-order valence-electron chi connectivity index (χ3n) is 4.52. The Hall–Kier alpha value is -3.47. The van der Waals surface area contributed by atoms with E-state index in [9.17, 15) is 0 Å². The van der Waals surface area contributed by atoms with Crippen LogP contribution in [0.3, 0.4) is 0 Å². The number of nitrogens with one attached hydrogen (secondary N) is 1. The quantitative estimate of drug-likeness (QED) is 0.554. The van der Waals surface area contributed by atoms with Gasteiger partial charge in [-0.2, -0.15) is 0 Å². The normalized spacial score (nSPS) is 10.8. The minimum absolute atomic E-state index is 0.484. The lowest BCUT2D eigenvalue weighted by Crippen LogP contribution is -2.01. The highest BCUT2D eigenvalue weighted by atomic mass is 16.5. The van der Waals surface area contributed by atoms with Crippen molar-refractivity contribution >= 4 is 22.7 Å². The maximum atomic E-state index is 5.56. The van der Waals surface area contributed by atoms with E-state index >= 15 is 0 Å². The van der Waals surface area contributed by atoms with Gasteiger partial charge in [0.1, 0.15) is 11.3 Å². The van der Waals surface area contributed by atoms with E-state index in [4.69, 9.17) is 4.74 Å². The number of para-hydroxylation sites is 1. The Morgan fingerprint density at radius 2 is 1.67 bits per heavy atom. The molecule has 3 aromatic carbocycles. The third-order valence-corrected chi connectivity index (χ3v) is 4.52. The van der Waals surface area contributed by atoms with Gasteiger partial charge in [0, 0.05) is 11.3 Å². The van der Waals surface area contributed by atoms with E-state index in [-0.39, 0.29) is 0 Å². The summed E-state index contributed by atoms with van der Waals surface area (Å²) in [5.74, 6) is 1.33. The molecule has 5 heteroatoms. The van der Waals surface area contributed by atoms with Crippen LogP contribution in [0.1, 0.15) is 11.1 Å². The Balaban J connectivity index is 1.78. The van der Waals surface area contributed by atoms with Gasteiger partial charge in [-0.25, -0.2) is 4.98 Å². The largest absolute Gasteiger partial charge is 0.496 e. The molecule has 0 aliphatic rings. The average Bonchev–Trinajstić information content (AvgIpc) is 2.69. The monoisotopic (exact) mass is 356 g/mol. The van der Waals surface area contributed by atoms with Crippen molar-refractivity contribution in [2.45, 2.75) is 13.8 Å². The van der Waals surface area contributed by atoms with Crippen LogP contribution >= 0.6 is 0 Å². The zero-order valence-corrected chi connectivity index (χ0v) is 15.5. The molecule has 0 aliphatic carbocycles. The van der Waals surface area contributed by atoms with Gasteiger partial charge < -0.3 is 10.1 Å². The van der Waals surface area contributed by atoms with E-state index in [0.717, 1.165) is 44.7 Å². The van der Waals surface area contributed by atoms with E-state index in [1.165, 1.54) is 0 Å². The van der Waals surface area contributed by atoms with Gasteiger partial charge in [-0.05, 0) is 60.9 Å². The van der Waals surface area contributed by atoms with Gasteiger partial charge in [-0.1, -0.05) is 30.3 Å². The fourth-order valence-corrected chi connectivity index (χ4v) is 3.24. The number of fused-ring (bicyclic) bond motifs is 1. The standard InChI is InChI=1S/C22H20N4O/c1-14-8-7-11-19(27-3)20(14)16-12-15(2)21-18(13-16)25-26-22(24-21)23-17-9-5-4-6-10-17/h4-13H,1-3H3,(H,23,24,26). The SMILES string of the molecule is COc1cccc(C)c1-c1cc(C)c2nc(Nc3ccccc3)nnc2c1. The molecule has 0 saturated heterocycles. The fraction of sp³-hybridized carbons (Fsp3) is 0.136. The molecule has 0 amide bonds. The highest BCUT2D eigenvalue weighted by Gasteiger charge is 2.13. The molecule has 4 rings (SSSR count). The van der Waals surface area contributed by atoms with Crippen molar-refractivity contribution in [3.05, 3.63) is 71.8 Å². The Morgan fingerprint density at radius 3 is 2.44 bits per heavy atom. The molecule has 0 unspecified atom stereocenters. The zero-order valence-electron chi connectivity index (χ0n) is 15.5. The Kier molecular flexibility index (Phi) is 4.42. The average molecular weight is 356 g/mol. The lowest BCUT2D eigenvalue weighted by molar-refractivity contribution is 0.416. The zero-order chi connectivity index (χ0) is 18.8. The van der Waals surface area contributed by atoms with Gasteiger partial charge in [0.2, 0.25) is 5.95 Å². The molecule has 27 heavy (non-hydrogen) atoms. The first kappa shape index (κ1) is 17.0. The van der Waals surface area contributed by atoms with Gasteiger partial charge >= 0.3 is 0 Å². The number of benzene rings is 3. The topological polar surface area (TPSA) is 59.9 Å². The summed E-state index contributed by atoms with van der Waals surface area (Å²) in [6.07, 6.45) is 0. The number of rotatable bonds is 4. The summed E-state index contributed by atoms with van der Waals surface area (Å²) in [6, 6.07) is 20.0. The van der Waals surface area contributed by atoms with E-state index in [2.05, 4.69) is 39.6 Å². The summed E-state index contributed by atoms with van der Waals surface area (Å²) < 4.78 is 5.56. The molecule has 5 nitrogen and oxygen atoms in total. The van der Waals surface area contributed by atoms with Crippen LogP contribution in [0.25, 0.3) is 22.2 Å². The molecule has 0 bridgehead atoms. The highest BCUT2D eigenvalue weighted by molar-refractivity contribution is 5.87. The molecule has 0 spiro atoms. The number of hydrogen-bond donors (Lipinski definition) is 1. The van der Waals surface area contributed by atoms with Crippen LogP contribution in [0.2, 0.25) is 0 Å². The van der Waals surface area contributed by atoms with Crippen LogP contribution in [0.5, 0.6) is 5.75 Å². The van der Waals surface area contributed by atoms with Crippen LogP contribution in [-0.4, -0.2) is 22.3 Å². The maximum Gasteiger partial charge on any atom is 0.247 e. The Bertz CT molecular complexity index is 1110. The summed E-state index contributed by atoms with van der Waals surface area (Å²) in [7, 11) is 1.69. The fourth-order valence-electron chi connectivity index (χ4n) is 3.24. The van der Waals surface area contributed by atoms with E-state index in [0.29, 0.717) is 5.95 Å². The van der Waals surface area contributed by atoms with E-state index < -0.39 is 0 Å². The van der Waals surface area contributed by atoms with Crippen molar-refractivity contribution in [1.82, 2.24) is 15.2 Å². The molecule has 1 heterocycles. The summed E-state index contributed by atoms with van der Waals surface area (Å²) in [5, 5.41) is 11.8. The van der Waals surface area contributed by atoms with Gasteiger partial charge in [-0.15, -0.1) is 10.2 Å². The summed E-state index contributed by atoms with van der Waals surface area (Å²) in [6.45, 7) is 4.12. The van der Waals surface area contributed by atoms with Crippen LogP contribution < -0.4 is 10.1 Å². The number of ether oxygens (including phenoxy) is 1. The number of methoxy groups -OCH3 is 1. The second-order valence-electron chi connectivity index (χ2n) is 6.44. The van der Waals surface area contributed by atoms with Crippen LogP contribution in [0.4, 0.5) is 11.6 Å². The molecule has 0 radical (unpaired) electrons. The predicted molar refractivity (Wildman–Crippen MR) is 109 cm³/mol. The lowest BCUT2D eigenvalue weighted by atomic mass is 9.97. The van der Waals surface area contributed by atoms with Crippen LogP contribution in [0, 0.1) is 13.8 Å². The van der Waals surface area contributed by atoms with E-state index in [1.54, 1.807) is 7.11 Å². The molecular formula is C22H20N4O. The van der Waals surface area contributed by atoms with Gasteiger partial charge in [0.25, 0.3) is 0 Å². The smallest absolute Gasteiger partial charge is 0.247 e. The molecule has 1 N–H and O–H groups in total. The molecular weight excluding hydrogens is 336 g/mol. The molecule has 1 aromatic heterocycles. The number of nitrogens with zero attached hydrogens (tertiary/aromatic N) is 3. The molecule has 134 valence electrons. The maximum absolute atomic E-state index is 5.56. The minimum atomic E-state index is 0.484. The van der Waals surface area contributed by atoms with E-state index in [1.807, 2.05) is 55.5 Å². The molecule has 0 atom stereocenters. The lowest BCUT2D eigenvalue weighted by Gasteiger charge is -2.13. The van der Waals surface area contributed by atoms with Crippen molar-refractivity contribution in [2.24, 2.45) is 0 Å². The second kappa shape index (κ2) is 7.03. The predicted octanol–water partition coefficient (Wildman–Crippen LogP) is 5.06. The van der Waals surface area contributed by atoms with Crippen LogP contribution in [-0.2, 0) is 0 Å². The van der Waals surface area contributed by atoms with Crippen molar-refractivity contribution in [3.8, 4) is 16.9 Å². The number of hydrogen-bond acceptors (Lipinski definition) is 5. The van der Waals surface area contributed by atoms with Crippen molar-refractivity contribution < 1.29 is 4.74 Å². The first-order valence-corrected chi connectivity index (χ1v) is 8.77. The summed E-state index contributed by atoms with van der Waals surface area (Å²) in [5.41, 5.74) is 6.83. The Morgan fingerprint density at radius 1 is 0.852 bits per heavy atom. The first-order chi connectivity index (χ1) is 13.2. The molecule has 0 aliphatic heterocycles. The number of aryl methyl sites for hydroxylation is 2. The third kappa shape index (κ3) is 3.31. The summed E-state index contributed by atoms with van der Waals surface area (Å²) >= 11 is 0. The molecule has 0 saturated carbocycles. The van der Waals surface area contributed by atoms with Crippen molar-refractivity contribution in [3.63, 3.8) is 0 Å². The Labute approximate surface area is 158 Å². The first-order valence-electron chi connectivity index (χ1n) is 8.77. The highest BCUT2D eigenvalue weighted by Crippen LogP contribution is 2.35. The molecule has 0 fully saturated rings. The van der Waals surface area contributed by atoms with Gasteiger partial charge in [-0.3, -0.25) is 0 Å². The second-order valence-corrected chi connectivity index (χ2v) is 6.44. The number of aromatic nitrogens is 3. The minimum Gasteiger partial charge on any atom is -0.496 e. The molecule has 4 aromatic rings. The van der Waals surface area contributed by atoms with Crippen molar-refractivity contribution in [2.75, 3.05) is 12.4 Å². The van der Waals surface area contributed by atoms with Gasteiger partial charge in [0.15, 0.2) is 0 Å². The van der Waals surface area contributed by atoms with Gasteiger partial charge in [0.05, 0.1) is 12.6 Å². The van der Waals surface area contributed by atoms with Crippen LogP contribution in [0.15, 0.2) is 60.7 Å². The number of anilines is 2.